The molecule has 9 heteroatoms. The van der Waals surface area contributed by atoms with Crippen molar-refractivity contribution in [3.8, 4) is 34.1 Å². The lowest BCUT2D eigenvalue weighted by molar-refractivity contribution is 0.222. The highest BCUT2D eigenvalue weighted by Crippen LogP contribution is 2.47. The summed E-state index contributed by atoms with van der Waals surface area (Å²) in [7, 11) is 1.64. The second-order valence-electron chi connectivity index (χ2n) is 7.92. The van der Waals surface area contributed by atoms with E-state index in [1.54, 1.807) is 19.5 Å². The van der Waals surface area contributed by atoms with Gasteiger partial charge in [0.05, 0.1) is 25.5 Å². The number of hydrogen-bond donors (Lipinski definition) is 1. The van der Waals surface area contributed by atoms with E-state index in [9.17, 15) is 0 Å². The predicted molar refractivity (Wildman–Crippen MR) is 119 cm³/mol. The zero-order valence-corrected chi connectivity index (χ0v) is 18.3. The van der Waals surface area contributed by atoms with Crippen LogP contribution < -0.4 is 9.47 Å². The molecule has 0 bridgehead atoms. The molecule has 5 rings (SSSR count). The molecule has 3 heterocycles. The van der Waals surface area contributed by atoms with E-state index in [4.69, 9.17) is 19.1 Å². The molecule has 2 atom stereocenters. The molecule has 1 saturated carbocycles. The van der Waals surface area contributed by atoms with Crippen molar-refractivity contribution in [2.45, 2.75) is 25.9 Å². The number of nitrogens with zero attached hydrogens (tertiary/aromatic N) is 5. The first-order valence-corrected chi connectivity index (χ1v) is 10.6. The third kappa shape index (κ3) is 4.54. The Hall–Kier alpha value is -3.85. The number of methoxy groups -OCH3 is 1. The lowest BCUT2D eigenvalue weighted by Gasteiger charge is -2.11. The summed E-state index contributed by atoms with van der Waals surface area (Å²) in [5.41, 5.74) is 3.58. The van der Waals surface area contributed by atoms with Crippen LogP contribution in [0.5, 0.6) is 11.6 Å². The van der Waals surface area contributed by atoms with Crippen molar-refractivity contribution in [2.75, 3.05) is 13.7 Å². The van der Waals surface area contributed by atoms with Crippen molar-refractivity contribution < 1.29 is 19.1 Å². The van der Waals surface area contributed by atoms with Gasteiger partial charge in [-0.1, -0.05) is 29.4 Å². The molecule has 33 heavy (non-hydrogen) atoms. The van der Waals surface area contributed by atoms with Crippen molar-refractivity contribution in [1.82, 2.24) is 25.1 Å². The number of rotatable bonds is 8. The minimum Gasteiger partial charge on any atom is -0.495 e. The van der Waals surface area contributed by atoms with Crippen LogP contribution in [0.3, 0.4) is 0 Å². The van der Waals surface area contributed by atoms with Gasteiger partial charge in [0, 0.05) is 29.3 Å². The van der Waals surface area contributed by atoms with E-state index < -0.39 is 0 Å². The molecule has 1 N–H and O–H groups in total. The van der Waals surface area contributed by atoms with Crippen molar-refractivity contribution in [3.05, 3.63) is 66.2 Å². The average Bonchev–Trinajstić information content (AvgIpc) is 3.48. The second-order valence-corrected chi connectivity index (χ2v) is 7.92. The number of aromatic nitrogens is 5. The molecule has 3 aromatic heterocycles. The fourth-order valence-electron chi connectivity index (χ4n) is 3.70. The van der Waals surface area contributed by atoms with Crippen LogP contribution in [0.4, 0.5) is 0 Å². The lowest BCUT2D eigenvalue weighted by Crippen LogP contribution is -2.05. The molecule has 168 valence electrons. The van der Waals surface area contributed by atoms with Crippen LogP contribution >= 0.6 is 0 Å². The highest BCUT2D eigenvalue weighted by molar-refractivity contribution is 5.70. The van der Waals surface area contributed by atoms with Crippen LogP contribution in [0.2, 0.25) is 0 Å². The van der Waals surface area contributed by atoms with E-state index in [1.807, 2.05) is 43.3 Å². The van der Waals surface area contributed by atoms with Gasteiger partial charge in [-0.3, -0.25) is 4.98 Å². The van der Waals surface area contributed by atoms with Gasteiger partial charge in [-0.25, -0.2) is 4.98 Å². The van der Waals surface area contributed by atoms with Crippen LogP contribution in [-0.2, 0) is 6.61 Å². The van der Waals surface area contributed by atoms with Crippen LogP contribution in [0.25, 0.3) is 22.5 Å². The summed E-state index contributed by atoms with van der Waals surface area (Å²) < 4.78 is 16.3. The number of pyridine rings is 1. The number of aliphatic hydroxyl groups is 1. The van der Waals surface area contributed by atoms with Gasteiger partial charge in [0.2, 0.25) is 11.7 Å². The van der Waals surface area contributed by atoms with Crippen LogP contribution in [0.1, 0.15) is 29.7 Å². The van der Waals surface area contributed by atoms with E-state index in [1.165, 1.54) is 0 Å². The zero-order valence-electron chi connectivity index (χ0n) is 18.3. The van der Waals surface area contributed by atoms with Crippen LogP contribution in [0, 0.1) is 12.8 Å². The Balaban J connectivity index is 1.29. The maximum atomic E-state index is 9.11. The van der Waals surface area contributed by atoms with Crippen molar-refractivity contribution in [2.24, 2.45) is 5.92 Å². The summed E-state index contributed by atoms with van der Waals surface area (Å²) in [5, 5.41) is 13.0. The van der Waals surface area contributed by atoms with Crippen molar-refractivity contribution in [1.29, 1.82) is 0 Å². The third-order valence-corrected chi connectivity index (χ3v) is 5.66. The Morgan fingerprint density at radius 1 is 1.03 bits per heavy atom. The maximum absolute atomic E-state index is 9.11. The quantitative estimate of drug-likeness (QED) is 0.434. The lowest BCUT2D eigenvalue weighted by atomic mass is 10.1. The number of aliphatic hydroxyl groups excluding tert-OH is 1. The molecular formula is C24H23N5O4. The summed E-state index contributed by atoms with van der Waals surface area (Å²) in [6.07, 6.45) is 4.56. The predicted octanol–water partition coefficient (Wildman–Crippen LogP) is 3.58. The molecule has 0 amide bonds. The highest BCUT2D eigenvalue weighted by Gasteiger charge is 2.40. The third-order valence-electron chi connectivity index (χ3n) is 5.66. The van der Waals surface area contributed by atoms with Gasteiger partial charge in [0.25, 0.3) is 5.89 Å². The van der Waals surface area contributed by atoms with Gasteiger partial charge in [0.15, 0.2) is 0 Å². The molecule has 1 aliphatic carbocycles. The van der Waals surface area contributed by atoms with E-state index in [0.29, 0.717) is 36.0 Å². The molecule has 1 aliphatic rings. The van der Waals surface area contributed by atoms with E-state index >= 15 is 0 Å². The first kappa shape index (κ1) is 21.0. The average molecular weight is 445 g/mol. The van der Waals surface area contributed by atoms with Crippen molar-refractivity contribution >= 4 is 0 Å². The van der Waals surface area contributed by atoms with Crippen molar-refractivity contribution in [3.63, 3.8) is 0 Å². The SMILES string of the molecule is COc1ccc([C@H]2C[C@@H]2COc2nc(C)ncc2-c2ccc(-c3noc(CO)n3)cc2)nc1. The largest absolute Gasteiger partial charge is 0.495 e. The number of ether oxygens (including phenoxy) is 2. The van der Waals surface area contributed by atoms with E-state index in [0.717, 1.165) is 34.6 Å². The number of benzene rings is 1. The molecular weight excluding hydrogens is 422 g/mol. The van der Waals surface area contributed by atoms with Crippen LogP contribution in [-0.4, -0.2) is 43.9 Å². The molecule has 0 saturated heterocycles. The molecule has 0 radical (unpaired) electrons. The Morgan fingerprint density at radius 2 is 1.85 bits per heavy atom. The maximum Gasteiger partial charge on any atom is 0.252 e. The standard InChI is InChI=1S/C24H23N5O4/c1-14-25-11-20(15-3-5-16(6-4-15)23-28-22(12-30)33-29-23)24(27-14)32-13-17-9-19(17)21-8-7-18(31-2)10-26-21/h3-8,10-11,17,19,30H,9,12-13H2,1-2H3/t17-,19+/m1/s1. The summed E-state index contributed by atoms with van der Waals surface area (Å²) in [5.74, 6) is 3.36. The number of hydrogen-bond acceptors (Lipinski definition) is 9. The molecule has 0 aliphatic heterocycles. The zero-order chi connectivity index (χ0) is 22.8. The molecule has 0 unspecified atom stereocenters. The monoisotopic (exact) mass is 445 g/mol. The minimum absolute atomic E-state index is 0.180. The summed E-state index contributed by atoms with van der Waals surface area (Å²) in [6.45, 7) is 2.12. The van der Waals surface area contributed by atoms with Gasteiger partial charge < -0.3 is 19.1 Å². The molecule has 4 aromatic rings. The summed E-state index contributed by atoms with van der Waals surface area (Å²) in [4.78, 5) is 17.5. The Kier molecular flexibility index (Phi) is 5.70. The first-order chi connectivity index (χ1) is 16.1. The summed E-state index contributed by atoms with van der Waals surface area (Å²) >= 11 is 0. The Labute approximate surface area is 190 Å². The summed E-state index contributed by atoms with van der Waals surface area (Å²) in [6, 6.07) is 11.6. The van der Waals surface area contributed by atoms with E-state index in [2.05, 4.69) is 25.1 Å². The highest BCUT2D eigenvalue weighted by atomic mass is 16.5. The smallest absolute Gasteiger partial charge is 0.252 e. The number of aryl methyl sites for hydroxylation is 1. The van der Waals surface area contributed by atoms with Crippen LogP contribution in [0.15, 0.2) is 53.3 Å². The molecule has 1 aromatic carbocycles. The minimum atomic E-state index is -0.289. The fourth-order valence-corrected chi connectivity index (χ4v) is 3.70. The Bertz CT molecular complexity index is 1240. The van der Waals surface area contributed by atoms with Gasteiger partial charge in [0.1, 0.15) is 18.2 Å². The van der Waals surface area contributed by atoms with E-state index in [-0.39, 0.29) is 12.5 Å². The second kappa shape index (κ2) is 8.95. The molecule has 9 nitrogen and oxygen atoms in total. The molecule has 0 spiro atoms. The fraction of sp³-hybridized carbons (Fsp3) is 0.292. The van der Waals surface area contributed by atoms with Gasteiger partial charge in [-0.05, 0) is 31.0 Å². The Morgan fingerprint density at radius 3 is 2.55 bits per heavy atom. The van der Waals surface area contributed by atoms with Gasteiger partial charge >= 0.3 is 0 Å². The topological polar surface area (TPSA) is 116 Å². The molecule has 1 fully saturated rings. The van der Waals surface area contributed by atoms with Gasteiger partial charge in [-0.15, -0.1) is 0 Å². The first-order valence-electron chi connectivity index (χ1n) is 10.6. The van der Waals surface area contributed by atoms with Gasteiger partial charge in [-0.2, -0.15) is 9.97 Å². The normalized spacial score (nSPS) is 17.1.